The number of fused-ring (bicyclic) bond motifs is 6. The summed E-state index contributed by atoms with van der Waals surface area (Å²) < 4.78 is 68.6. The van der Waals surface area contributed by atoms with E-state index in [9.17, 15) is 0 Å². The Morgan fingerprint density at radius 1 is 0.654 bits per heavy atom. The van der Waals surface area contributed by atoms with Gasteiger partial charge in [0.25, 0.3) is 0 Å². The van der Waals surface area contributed by atoms with Crippen LogP contribution in [0.2, 0.25) is 0 Å². The highest BCUT2D eigenvalue weighted by molar-refractivity contribution is 6.11. The van der Waals surface area contributed by atoms with Gasteiger partial charge in [0.2, 0.25) is 0 Å². The molecule has 0 atom stereocenters. The number of para-hydroxylation sites is 3. The Labute approximate surface area is 161 Å². The topological polar surface area (TPSA) is 20.7 Å². The molecular weight excluding hydrogens is 316 g/mol. The van der Waals surface area contributed by atoms with Crippen LogP contribution in [0.3, 0.4) is 0 Å². The van der Waals surface area contributed by atoms with Gasteiger partial charge >= 0.3 is 0 Å². The molecular formula is C24H16N2. The maximum atomic E-state index is 8.63. The summed E-state index contributed by atoms with van der Waals surface area (Å²) in [5.41, 5.74) is 2.60. The number of hydrogen-bond acceptors (Lipinski definition) is 0. The normalized spacial score (nSPS) is 16.2. The molecule has 1 N–H and O–H groups in total. The molecule has 122 valence electrons. The van der Waals surface area contributed by atoms with E-state index < -0.39 is 24.2 Å². The minimum atomic E-state index is -0.448. The first kappa shape index (κ1) is 8.24. The Morgan fingerprint density at radius 2 is 1.31 bits per heavy atom. The van der Waals surface area contributed by atoms with Crippen LogP contribution in [0.15, 0.2) is 90.8 Å². The summed E-state index contributed by atoms with van der Waals surface area (Å²) in [7, 11) is 0. The average molecular weight is 340 g/mol. The van der Waals surface area contributed by atoms with Crippen molar-refractivity contribution in [2.75, 3.05) is 0 Å². The fraction of sp³-hybridized carbons (Fsp3) is 0. The van der Waals surface area contributed by atoms with Gasteiger partial charge in [0, 0.05) is 38.3 Å². The van der Waals surface area contributed by atoms with Gasteiger partial charge in [-0.2, -0.15) is 0 Å². The van der Waals surface area contributed by atoms with Gasteiger partial charge in [-0.05, 0) is 36.4 Å². The molecule has 6 rings (SSSR count). The third-order valence-corrected chi connectivity index (χ3v) is 4.78. The second kappa shape index (κ2) is 4.99. The fourth-order valence-corrected chi connectivity index (χ4v) is 3.65. The van der Waals surface area contributed by atoms with Crippen LogP contribution in [-0.4, -0.2) is 9.55 Å². The SMILES string of the molecule is [2H]c1c([2H])c([2H])c2c(c1[2H])c1c([2H])c([2H])c([2H])c([2H])c1n2-c1ccc2[nH]c3ccccc3c2c1. The minimum absolute atomic E-state index is 0.0759. The Morgan fingerprint density at radius 3 is 2.08 bits per heavy atom. The van der Waals surface area contributed by atoms with Crippen molar-refractivity contribution in [1.82, 2.24) is 9.55 Å². The largest absolute Gasteiger partial charge is 0.355 e. The van der Waals surface area contributed by atoms with E-state index in [4.69, 9.17) is 11.0 Å². The molecule has 0 spiro atoms. The van der Waals surface area contributed by atoms with Gasteiger partial charge in [-0.15, -0.1) is 0 Å². The maximum Gasteiger partial charge on any atom is 0.0645 e. The molecule has 0 bridgehead atoms. The summed E-state index contributed by atoms with van der Waals surface area (Å²) in [5.74, 6) is 0. The van der Waals surface area contributed by atoms with Crippen LogP contribution in [0.5, 0.6) is 0 Å². The van der Waals surface area contributed by atoms with Crippen molar-refractivity contribution in [3.63, 3.8) is 0 Å². The van der Waals surface area contributed by atoms with E-state index in [2.05, 4.69) is 4.98 Å². The summed E-state index contributed by atoms with van der Waals surface area (Å²) in [6, 6.07) is 10.3. The summed E-state index contributed by atoms with van der Waals surface area (Å²) in [4.78, 5) is 3.35. The molecule has 0 unspecified atom stereocenters. The van der Waals surface area contributed by atoms with Crippen molar-refractivity contribution in [3.05, 3.63) is 90.8 Å². The van der Waals surface area contributed by atoms with E-state index in [0.717, 1.165) is 21.8 Å². The van der Waals surface area contributed by atoms with Crippen LogP contribution in [0, 0.1) is 0 Å². The molecule has 0 aliphatic carbocycles. The molecule has 0 fully saturated rings. The van der Waals surface area contributed by atoms with Gasteiger partial charge in [-0.3, -0.25) is 0 Å². The number of aromatic nitrogens is 2. The Balaban J connectivity index is 1.89. The van der Waals surface area contributed by atoms with Crippen LogP contribution >= 0.6 is 0 Å². The third-order valence-electron chi connectivity index (χ3n) is 4.78. The summed E-state index contributed by atoms with van der Waals surface area (Å²) >= 11 is 0. The molecule has 2 heteroatoms. The molecule has 6 aromatic rings. The van der Waals surface area contributed by atoms with Gasteiger partial charge in [-0.25, -0.2) is 0 Å². The summed E-state index contributed by atoms with van der Waals surface area (Å²) in [6.07, 6.45) is 0. The molecule has 4 aromatic carbocycles. The highest BCUT2D eigenvalue weighted by Crippen LogP contribution is 2.34. The van der Waals surface area contributed by atoms with E-state index in [1.165, 1.54) is 4.57 Å². The zero-order valence-corrected chi connectivity index (χ0v) is 13.5. The molecule has 0 radical (unpaired) electrons. The number of rotatable bonds is 1. The smallest absolute Gasteiger partial charge is 0.0645 e. The molecule has 0 saturated heterocycles. The predicted octanol–water partition coefficient (Wildman–Crippen LogP) is 6.42. The number of benzene rings is 4. The molecule has 2 nitrogen and oxygen atoms in total. The monoisotopic (exact) mass is 340 g/mol. The quantitative estimate of drug-likeness (QED) is 0.357. The number of aromatic amines is 1. The second-order valence-electron chi connectivity index (χ2n) is 6.18. The van der Waals surface area contributed by atoms with Crippen molar-refractivity contribution < 1.29 is 11.0 Å². The van der Waals surface area contributed by atoms with Crippen molar-refractivity contribution >= 4 is 43.6 Å². The van der Waals surface area contributed by atoms with Crippen LogP contribution in [0.1, 0.15) is 11.0 Å². The van der Waals surface area contributed by atoms with E-state index in [-0.39, 0.29) is 46.0 Å². The lowest BCUT2D eigenvalue weighted by Gasteiger charge is -2.08. The van der Waals surface area contributed by atoms with Gasteiger partial charge in [0.1, 0.15) is 0 Å². The molecule has 0 aliphatic heterocycles. The number of nitrogens with one attached hydrogen (secondary N) is 1. The zero-order valence-electron chi connectivity index (χ0n) is 21.5. The third kappa shape index (κ3) is 1.76. The lowest BCUT2D eigenvalue weighted by molar-refractivity contribution is 1.19. The van der Waals surface area contributed by atoms with Crippen molar-refractivity contribution in [2.45, 2.75) is 0 Å². The first-order valence-corrected chi connectivity index (χ1v) is 8.24. The summed E-state index contributed by atoms with van der Waals surface area (Å²) in [5, 5.41) is 2.02. The van der Waals surface area contributed by atoms with Crippen LogP contribution in [0.25, 0.3) is 49.3 Å². The van der Waals surface area contributed by atoms with Gasteiger partial charge in [0.05, 0.1) is 22.0 Å². The molecule has 0 aliphatic rings. The molecule has 26 heavy (non-hydrogen) atoms. The van der Waals surface area contributed by atoms with E-state index >= 15 is 0 Å². The molecule has 2 heterocycles. The van der Waals surface area contributed by atoms with Crippen LogP contribution < -0.4 is 0 Å². The van der Waals surface area contributed by atoms with Crippen molar-refractivity contribution in [3.8, 4) is 5.69 Å². The zero-order chi connectivity index (χ0) is 24.0. The van der Waals surface area contributed by atoms with Gasteiger partial charge in [0.15, 0.2) is 0 Å². The van der Waals surface area contributed by atoms with Crippen LogP contribution in [0.4, 0.5) is 0 Å². The van der Waals surface area contributed by atoms with Gasteiger partial charge < -0.3 is 9.55 Å². The molecule has 0 saturated carbocycles. The Hall–Kier alpha value is -3.52. The standard InChI is InChI=1S/C24H16N2/c1-4-10-21-17(7-1)20-15-16(13-14-22(20)25-21)26-23-11-5-2-8-18(23)19-9-3-6-12-24(19)26/h1-15,25H/i2D,3D,5D,6D,8D,9D,11D,12D. The van der Waals surface area contributed by atoms with Gasteiger partial charge in [-0.1, -0.05) is 54.5 Å². The van der Waals surface area contributed by atoms with Crippen molar-refractivity contribution in [2.24, 2.45) is 0 Å². The highest BCUT2D eigenvalue weighted by Gasteiger charge is 2.12. The second-order valence-corrected chi connectivity index (χ2v) is 6.18. The predicted molar refractivity (Wildman–Crippen MR) is 110 cm³/mol. The number of H-pyrrole nitrogens is 1. The fourth-order valence-electron chi connectivity index (χ4n) is 3.65. The molecule has 2 aromatic heterocycles. The lowest BCUT2D eigenvalue weighted by Crippen LogP contribution is -1.93. The summed E-state index contributed by atoms with van der Waals surface area (Å²) in [6.45, 7) is 0. The van der Waals surface area contributed by atoms with E-state index in [1.54, 1.807) is 6.07 Å². The molecule has 0 amide bonds. The first-order valence-electron chi connectivity index (χ1n) is 12.2. The Bertz CT molecular complexity index is 1770. The highest BCUT2D eigenvalue weighted by atomic mass is 15.0. The first-order chi connectivity index (χ1) is 16.2. The number of nitrogens with zero attached hydrogens (tertiary/aromatic N) is 1. The van der Waals surface area contributed by atoms with E-state index in [1.807, 2.05) is 36.4 Å². The number of hydrogen-bond donors (Lipinski definition) is 1. The van der Waals surface area contributed by atoms with Crippen molar-refractivity contribution in [1.29, 1.82) is 0 Å². The van der Waals surface area contributed by atoms with Crippen LogP contribution in [-0.2, 0) is 0 Å². The van der Waals surface area contributed by atoms with E-state index in [0.29, 0.717) is 5.69 Å². The lowest BCUT2D eigenvalue weighted by atomic mass is 10.1. The maximum absolute atomic E-state index is 8.63. The average Bonchev–Trinajstić information content (AvgIpc) is 3.39. The minimum Gasteiger partial charge on any atom is -0.355 e. The Kier molecular flexibility index (Phi) is 1.58.